The van der Waals surface area contributed by atoms with Crippen LogP contribution in [0.5, 0.6) is 0 Å². The van der Waals surface area contributed by atoms with Crippen molar-refractivity contribution in [2.24, 2.45) is 7.05 Å². The molecule has 0 bridgehead atoms. The molecule has 0 saturated carbocycles. The van der Waals surface area contributed by atoms with Gasteiger partial charge in [0, 0.05) is 62.1 Å². The van der Waals surface area contributed by atoms with Crippen molar-refractivity contribution in [2.75, 3.05) is 50.6 Å². The van der Waals surface area contributed by atoms with Crippen molar-refractivity contribution in [1.82, 2.24) is 29.7 Å². The van der Waals surface area contributed by atoms with Gasteiger partial charge in [0.25, 0.3) is 5.91 Å². The lowest BCUT2D eigenvalue weighted by atomic mass is 10.0. The number of rotatable bonds is 6. The minimum Gasteiger partial charge on any atom is -0.373 e. The Kier molecular flexibility index (Phi) is 5.97. The maximum absolute atomic E-state index is 12.9. The van der Waals surface area contributed by atoms with Crippen LogP contribution in [-0.2, 0) is 18.3 Å². The Morgan fingerprint density at radius 1 is 1.16 bits per heavy atom. The lowest BCUT2D eigenvalue weighted by Gasteiger charge is -2.35. The molecule has 1 atom stereocenters. The smallest absolute Gasteiger partial charge is 0.254 e. The molecule has 190 valence electrons. The third-order valence-electron chi connectivity index (χ3n) is 6.94. The van der Waals surface area contributed by atoms with E-state index in [9.17, 15) is 4.79 Å². The van der Waals surface area contributed by atoms with Crippen LogP contribution in [0.1, 0.15) is 15.9 Å². The average molecular weight is 499 g/mol. The highest BCUT2D eigenvalue weighted by molar-refractivity contribution is 6.06. The third-order valence-corrected chi connectivity index (χ3v) is 6.94. The second kappa shape index (κ2) is 9.45. The molecule has 10 heteroatoms. The molecule has 1 fully saturated rings. The van der Waals surface area contributed by atoms with Gasteiger partial charge < -0.3 is 29.7 Å². The Bertz CT molecular complexity index is 1460. The van der Waals surface area contributed by atoms with E-state index in [4.69, 9.17) is 9.72 Å². The summed E-state index contributed by atoms with van der Waals surface area (Å²) in [6, 6.07) is 7.98. The Hall–Kier alpha value is -4.02. The molecule has 2 aliphatic heterocycles. The lowest BCUT2D eigenvalue weighted by Crippen LogP contribution is -2.46. The molecule has 4 aromatic heterocycles. The maximum Gasteiger partial charge on any atom is 0.254 e. The van der Waals surface area contributed by atoms with Crippen LogP contribution in [-0.4, -0.2) is 76.8 Å². The van der Waals surface area contributed by atoms with E-state index in [2.05, 4.69) is 50.6 Å². The van der Waals surface area contributed by atoms with Crippen LogP contribution in [0.15, 0.2) is 49.1 Å². The van der Waals surface area contributed by atoms with Crippen molar-refractivity contribution < 1.29 is 9.53 Å². The van der Waals surface area contributed by atoms with Gasteiger partial charge in [-0.15, -0.1) is 0 Å². The summed E-state index contributed by atoms with van der Waals surface area (Å²) in [7, 11) is 6.08. The fraction of sp³-hybridized carbons (Fsp3) is 0.333. The van der Waals surface area contributed by atoms with Gasteiger partial charge in [0.1, 0.15) is 11.5 Å². The number of morpholine rings is 1. The number of anilines is 3. The Morgan fingerprint density at radius 2 is 2.05 bits per heavy atom. The Balaban J connectivity index is 1.26. The van der Waals surface area contributed by atoms with E-state index in [1.807, 2.05) is 42.2 Å². The highest BCUT2D eigenvalue weighted by Crippen LogP contribution is 2.36. The number of hydrogen-bond donors (Lipinski definition) is 2. The van der Waals surface area contributed by atoms with Crippen LogP contribution in [0.25, 0.3) is 22.3 Å². The van der Waals surface area contributed by atoms with Gasteiger partial charge in [-0.2, -0.15) is 0 Å². The summed E-state index contributed by atoms with van der Waals surface area (Å²) in [6.07, 6.45) is 7.52. The number of fused-ring (bicyclic) bond motifs is 2. The number of ether oxygens (including phenoxy) is 1. The summed E-state index contributed by atoms with van der Waals surface area (Å²) in [4.78, 5) is 31.2. The highest BCUT2D eigenvalue weighted by atomic mass is 16.5. The molecule has 6 rings (SSSR count). The first-order chi connectivity index (χ1) is 18.0. The molecule has 10 nitrogen and oxygen atoms in total. The molecule has 6 heterocycles. The van der Waals surface area contributed by atoms with Crippen LogP contribution in [0, 0.1) is 0 Å². The van der Waals surface area contributed by atoms with Crippen LogP contribution in [0.2, 0.25) is 0 Å². The van der Waals surface area contributed by atoms with Gasteiger partial charge in [0.2, 0.25) is 0 Å². The van der Waals surface area contributed by atoms with Gasteiger partial charge in [-0.1, -0.05) is 0 Å². The summed E-state index contributed by atoms with van der Waals surface area (Å²) < 4.78 is 7.88. The summed E-state index contributed by atoms with van der Waals surface area (Å²) in [6.45, 7) is 3.68. The minimum atomic E-state index is -0.114. The van der Waals surface area contributed by atoms with Gasteiger partial charge in [-0.3, -0.25) is 9.78 Å². The van der Waals surface area contributed by atoms with Gasteiger partial charge in [0.15, 0.2) is 0 Å². The van der Waals surface area contributed by atoms with Crippen molar-refractivity contribution in [3.8, 4) is 11.3 Å². The van der Waals surface area contributed by atoms with E-state index in [0.717, 1.165) is 53.2 Å². The van der Waals surface area contributed by atoms with Gasteiger partial charge in [-0.05, 0) is 38.4 Å². The minimum absolute atomic E-state index is 0.114. The first kappa shape index (κ1) is 23.4. The van der Waals surface area contributed by atoms with Crippen molar-refractivity contribution >= 4 is 34.1 Å². The first-order valence-corrected chi connectivity index (χ1v) is 12.4. The standard InChI is InChI=1S/C27H30N8O2/c1-33(2)15-18-16-35(10-11-37-18)17-4-5-23(29-12-17)32-22-14-30-25(21-13-31-27(36)24(21)22)19-6-8-28-26-20(19)7-9-34(26)3/h4-9,12,14,18H,10-11,13,15-16H2,1-3H3,(H,29,32)(H,31,36)/t18-/m0/s1. The van der Waals surface area contributed by atoms with E-state index >= 15 is 0 Å². The summed E-state index contributed by atoms with van der Waals surface area (Å²) >= 11 is 0. The summed E-state index contributed by atoms with van der Waals surface area (Å²) in [5.41, 5.74) is 5.82. The number of carbonyl (C=O) groups excluding carboxylic acids is 1. The SMILES string of the molecule is CN(C)C[C@H]1CN(c2ccc(Nc3cnc(-c4ccnc5c4ccn5C)c4c3C(=O)NC4)nc2)CCO1. The molecule has 1 amide bonds. The van der Waals surface area contributed by atoms with Crippen molar-refractivity contribution in [3.05, 3.63) is 60.2 Å². The second-order valence-electron chi connectivity index (χ2n) is 9.81. The van der Waals surface area contributed by atoms with E-state index in [-0.39, 0.29) is 12.0 Å². The molecule has 0 unspecified atom stereocenters. The lowest BCUT2D eigenvalue weighted by molar-refractivity contribution is 0.0247. The van der Waals surface area contributed by atoms with E-state index in [1.54, 1.807) is 12.4 Å². The number of hydrogen-bond acceptors (Lipinski definition) is 8. The van der Waals surface area contributed by atoms with Crippen LogP contribution >= 0.6 is 0 Å². The van der Waals surface area contributed by atoms with Gasteiger partial charge in [-0.25, -0.2) is 9.97 Å². The normalized spacial score (nSPS) is 17.4. The zero-order chi connectivity index (χ0) is 25.5. The van der Waals surface area contributed by atoms with E-state index in [0.29, 0.717) is 30.2 Å². The molecule has 0 spiro atoms. The second-order valence-corrected chi connectivity index (χ2v) is 9.81. The summed E-state index contributed by atoms with van der Waals surface area (Å²) in [5.74, 6) is 0.545. The van der Waals surface area contributed by atoms with Crippen LogP contribution < -0.4 is 15.5 Å². The molecule has 2 aliphatic rings. The first-order valence-electron chi connectivity index (χ1n) is 12.4. The van der Waals surface area contributed by atoms with Gasteiger partial charge in [0.05, 0.1) is 47.7 Å². The number of carbonyl (C=O) groups is 1. The number of aryl methyl sites for hydroxylation is 1. The maximum atomic E-state index is 12.9. The number of amides is 1. The van der Waals surface area contributed by atoms with Crippen molar-refractivity contribution in [3.63, 3.8) is 0 Å². The Labute approximate surface area is 215 Å². The molecular weight excluding hydrogens is 468 g/mol. The quantitative estimate of drug-likeness (QED) is 0.419. The van der Waals surface area contributed by atoms with Gasteiger partial charge >= 0.3 is 0 Å². The fourth-order valence-corrected chi connectivity index (χ4v) is 5.20. The number of nitrogens with one attached hydrogen (secondary N) is 2. The highest BCUT2D eigenvalue weighted by Gasteiger charge is 2.28. The van der Waals surface area contributed by atoms with E-state index < -0.39 is 0 Å². The zero-order valence-corrected chi connectivity index (χ0v) is 21.2. The van der Waals surface area contributed by atoms with Crippen molar-refractivity contribution in [2.45, 2.75) is 12.6 Å². The van der Waals surface area contributed by atoms with Crippen molar-refractivity contribution in [1.29, 1.82) is 0 Å². The molecule has 0 aliphatic carbocycles. The molecule has 0 radical (unpaired) electrons. The molecule has 0 aromatic carbocycles. The zero-order valence-electron chi connectivity index (χ0n) is 21.2. The molecule has 2 N–H and O–H groups in total. The number of pyridine rings is 3. The number of likely N-dealkylation sites (N-methyl/N-ethyl adjacent to an activating group) is 1. The average Bonchev–Trinajstić information content (AvgIpc) is 3.48. The molecule has 4 aromatic rings. The third kappa shape index (κ3) is 4.38. The molecular formula is C27H30N8O2. The van der Waals surface area contributed by atoms with Crippen LogP contribution in [0.4, 0.5) is 17.2 Å². The summed E-state index contributed by atoms with van der Waals surface area (Å²) in [5, 5.41) is 7.29. The predicted molar refractivity (Wildman–Crippen MR) is 143 cm³/mol. The van der Waals surface area contributed by atoms with Crippen LogP contribution in [0.3, 0.4) is 0 Å². The van der Waals surface area contributed by atoms with E-state index in [1.165, 1.54) is 0 Å². The largest absolute Gasteiger partial charge is 0.373 e. The Morgan fingerprint density at radius 3 is 2.86 bits per heavy atom. The topological polar surface area (TPSA) is 100 Å². The molecule has 37 heavy (non-hydrogen) atoms. The monoisotopic (exact) mass is 498 g/mol. The fourth-order valence-electron chi connectivity index (χ4n) is 5.20. The molecule has 1 saturated heterocycles. The number of aromatic nitrogens is 4. The number of nitrogens with zero attached hydrogens (tertiary/aromatic N) is 6. The predicted octanol–water partition coefficient (Wildman–Crippen LogP) is 2.78.